The smallest absolute Gasteiger partial charge is 0.124 e. The molecule has 2 nitrogen and oxygen atoms in total. The van der Waals surface area contributed by atoms with E-state index in [2.05, 4.69) is 11.1 Å². The van der Waals surface area contributed by atoms with Crippen molar-refractivity contribution >= 4 is 11.3 Å². The minimum Gasteiger partial charge on any atom is -0.248 e. The van der Waals surface area contributed by atoms with E-state index in [0.717, 1.165) is 40.9 Å². The van der Waals surface area contributed by atoms with Crippen LogP contribution in [0.3, 0.4) is 0 Å². The molecule has 0 aromatic carbocycles. The molecule has 4 bridgehead atoms. The Bertz CT molecular complexity index is 485. The number of thiazole rings is 1. The summed E-state index contributed by atoms with van der Waals surface area (Å²) in [5, 5.41) is 10.0. The fourth-order valence-corrected chi connectivity index (χ4v) is 6.01. The molecule has 0 atom stereocenters. The van der Waals surface area contributed by atoms with Crippen LogP contribution in [0.25, 0.3) is 0 Å². The molecule has 0 unspecified atom stereocenters. The third kappa shape index (κ3) is 2.10. The minimum absolute atomic E-state index is 0.764. The number of nitriles is 1. The summed E-state index contributed by atoms with van der Waals surface area (Å²) in [7, 11) is 0. The Labute approximate surface area is 118 Å². The number of aromatic nitrogens is 1. The van der Waals surface area contributed by atoms with Crippen LogP contribution >= 0.6 is 11.3 Å². The Morgan fingerprint density at radius 1 is 1.16 bits per heavy atom. The van der Waals surface area contributed by atoms with E-state index >= 15 is 0 Å². The fourth-order valence-electron chi connectivity index (χ4n) is 5.28. The van der Waals surface area contributed by atoms with Gasteiger partial charge in [-0.25, -0.2) is 4.98 Å². The summed E-state index contributed by atoms with van der Waals surface area (Å²) in [6.45, 7) is 0. The Balaban J connectivity index is 1.42. The van der Waals surface area contributed by atoms with Crippen LogP contribution in [0.15, 0.2) is 6.20 Å². The molecule has 0 saturated heterocycles. The Kier molecular flexibility index (Phi) is 2.88. The average Bonchev–Trinajstić information content (AvgIpc) is 2.85. The first-order chi connectivity index (χ1) is 9.31. The molecule has 0 spiro atoms. The Morgan fingerprint density at radius 3 is 2.42 bits per heavy atom. The van der Waals surface area contributed by atoms with Crippen LogP contribution in [0.1, 0.15) is 48.4 Å². The highest BCUT2D eigenvalue weighted by molar-refractivity contribution is 7.12. The van der Waals surface area contributed by atoms with Crippen molar-refractivity contribution in [1.29, 1.82) is 5.26 Å². The molecule has 0 amide bonds. The van der Waals surface area contributed by atoms with Gasteiger partial charge in [-0.05, 0) is 74.5 Å². The molecule has 5 rings (SSSR count). The van der Waals surface area contributed by atoms with Crippen molar-refractivity contribution in [1.82, 2.24) is 4.98 Å². The van der Waals surface area contributed by atoms with Gasteiger partial charge < -0.3 is 0 Å². The van der Waals surface area contributed by atoms with E-state index in [0.29, 0.717) is 0 Å². The maximum Gasteiger partial charge on any atom is 0.124 e. The maximum absolute atomic E-state index is 8.85. The summed E-state index contributed by atoms with van der Waals surface area (Å²) in [6, 6.07) is 2.19. The Morgan fingerprint density at radius 2 is 1.84 bits per heavy atom. The third-order valence-corrected chi connectivity index (χ3v) is 6.74. The van der Waals surface area contributed by atoms with Crippen LogP contribution in [0.4, 0.5) is 0 Å². The van der Waals surface area contributed by atoms with E-state index in [9.17, 15) is 0 Å². The molecule has 1 aromatic rings. The first-order valence-electron chi connectivity index (χ1n) is 7.66. The third-order valence-electron chi connectivity index (χ3n) is 5.78. The molecule has 0 aliphatic heterocycles. The minimum atomic E-state index is 0.764. The highest BCUT2D eigenvalue weighted by Crippen LogP contribution is 2.57. The summed E-state index contributed by atoms with van der Waals surface area (Å²) in [4.78, 5) is 5.15. The van der Waals surface area contributed by atoms with Crippen LogP contribution in [0.2, 0.25) is 0 Å². The molecular formula is C16H20N2S. The van der Waals surface area contributed by atoms with Gasteiger partial charge in [0, 0.05) is 0 Å². The van der Waals surface area contributed by atoms with Gasteiger partial charge in [-0.2, -0.15) is 5.26 Å². The average molecular weight is 272 g/mol. The summed E-state index contributed by atoms with van der Waals surface area (Å²) in [5.74, 6) is 5.15. The van der Waals surface area contributed by atoms with Gasteiger partial charge in [-0.1, -0.05) is 0 Å². The van der Waals surface area contributed by atoms with Crippen LogP contribution in [-0.4, -0.2) is 4.98 Å². The van der Waals surface area contributed by atoms with Crippen molar-refractivity contribution in [3.05, 3.63) is 16.1 Å². The molecule has 1 heterocycles. The van der Waals surface area contributed by atoms with Crippen LogP contribution in [-0.2, 0) is 6.42 Å². The van der Waals surface area contributed by atoms with E-state index < -0.39 is 0 Å². The number of nitrogens with zero attached hydrogens (tertiary/aromatic N) is 2. The van der Waals surface area contributed by atoms with Crippen molar-refractivity contribution in [2.75, 3.05) is 0 Å². The molecule has 3 heteroatoms. The number of aryl methyl sites for hydroxylation is 1. The molecule has 0 radical (unpaired) electrons. The highest BCUT2D eigenvalue weighted by Gasteiger charge is 2.47. The fraction of sp³-hybridized carbons (Fsp3) is 0.750. The molecule has 4 fully saturated rings. The highest BCUT2D eigenvalue weighted by atomic mass is 32.1. The number of hydrogen-bond donors (Lipinski definition) is 0. The second-order valence-corrected chi connectivity index (χ2v) is 7.98. The van der Waals surface area contributed by atoms with E-state index in [1.807, 2.05) is 0 Å². The van der Waals surface area contributed by atoms with Crippen LogP contribution < -0.4 is 0 Å². The van der Waals surface area contributed by atoms with E-state index in [-0.39, 0.29) is 0 Å². The van der Waals surface area contributed by atoms with Crippen molar-refractivity contribution in [2.24, 2.45) is 29.6 Å². The van der Waals surface area contributed by atoms with Crippen molar-refractivity contribution in [3.8, 4) is 6.07 Å². The molecule has 4 aliphatic carbocycles. The van der Waals surface area contributed by atoms with Crippen LogP contribution in [0, 0.1) is 40.9 Å². The lowest BCUT2D eigenvalue weighted by atomic mass is 9.51. The second-order valence-electron chi connectivity index (χ2n) is 6.86. The van der Waals surface area contributed by atoms with Gasteiger partial charge in [0.05, 0.1) is 11.2 Å². The quantitative estimate of drug-likeness (QED) is 0.833. The van der Waals surface area contributed by atoms with Crippen molar-refractivity contribution in [3.63, 3.8) is 0 Å². The zero-order valence-electron chi connectivity index (χ0n) is 11.2. The molecule has 19 heavy (non-hydrogen) atoms. The van der Waals surface area contributed by atoms with Gasteiger partial charge in [0.1, 0.15) is 10.9 Å². The van der Waals surface area contributed by atoms with Crippen molar-refractivity contribution < 1.29 is 0 Å². The van der Waals surface area contributed by atoms with Gasteiger partial charge in [0.2, 0.25) is 0 Å². The van der Waals surface area contributed by atoms with E-state index in [4.69, 9.17) is 5.26 Å². The molecule has 100 valence electrons. The van der Waals surface area contributed by atoms with E-state index in [1.165, 1.54) is 43.5 Å². The molecular weight excluding hydrogens is 252 g/mol. The predicted molar refractivity (Wildman–Crippen MR) is 75.7 cm³/mol. The standard InChI is InChI=1S/C16H20N2S/c17-8-14-9-18-16(19-14)2-1-15-12-4-10-3-11(6-12)7-13(15)5-10/h9-13,15H,1-7H2. The molecule has 4 aliphatic rings. The topological polar surface area (TPSA) is 36.7 Å². The van der Waals surface area contributed by atoms with Crippen molar-refractivity contribution in [2.45, 2.75) is 44.9 Å². The normalized spacial score (nSPS) is 39.4. The van der Waals surface area contributed by atoms with Gasteiger partial charge in [0.15, 0.2) is 0 Å². The summed E-state index contributed by atoms with van der Waals surface area (Å²) in [5.41, 5.74) is 0. The zero-order chi connectivity index (χ0) is 12.8. The second kappa shape index (κ2) is 4.59. The first-order valence-corrected chi connectivity index (χ1v) is 8.48. The largest absolute Gasteiger partial charge is 0.248 e. The molecule has 0 N–H and O–H groups in total. The van der Waals surface area contributed by atoms with Gasteiger partial charge in [-0.3, -0.25) is 0 Å². The first kappa shape index (κ1) is 11.9. The lowest BCUT2D eigenvalue weighted by Gasteiger charge is -2.54. The lowest BCUT2D eigenvalue weighted by molar-refractivity contribution is -0.0394. The summed E-state index contributed by atoms with van der Waals surface area (Å²) >= 11 is 1.59. The Hall–Kier alpha value is -0.880. The summed E-state index contributed by atoms with van der Waals surface area (Å²) < 4.78 is 0. The SMILES string of the molecule is N#Cc1cnc(CCC2C3CC4CC(C3)CC2C4)s1. The predicted octanol–water partition coefficient (Wildman–Crippen LogP) is 4.02. The number of rotatable bonds is 3. The van der Waals surface area contributed by atoms with Crippen LogP contribution in [0.5, 0.6) is 0 Å². The maximum atomic E-state index is 8.85. The molecule has 1 aromatic heterocycles. The summed E-state index contributed by atoms with van der Waals surface area (Å²) in [6.07, 6.45) is 11.7. The van der Waals surface area contributed by atoms with E-state index in [1.54, 1.807) is 17.5 Å². The zero-order valence-corrected chi connectivity index (χ0v) is 12.0. The lowest BCUT2D eigenvalue weighted by Crippen LogP contribution is -2.45. The monoisotopic (exact) mass is 272 g/mol. The number of hydrogen-bond acceptors (Lipinski definition) is 3. The van der Waals surface area contributed by atoms with Gasteiger partial charge in [-0.15, -0.1) is 11.3 Å². The molecule has 4 saturated carbocycles. The van der Waals surface area contributed by atoms with Gasteiger partial charge >= 0.3 is 0 Å². The van der Waals surface area contributed by atoms with Gasteiger partial charge in [0.25, 0.3) is 0 Å².